The van der Waals surface area contributed by atoms with Crippen molar-refractivity contribution in [3.63, 3.8) is 0 Å². The standard InChI is InChI=1S/C28H30F3N5O2S2/c29-28(30,31)21-12-32-27(34-26(21)24-11-23-25(40-24)15-38-7-8-39-23)33-22-4-3-17(10-20(22)16-1-2-16)36-14-18-9-19(36)13-35(18)5-6-37/h3-4,10-12,16,18-19,37H,1-2,5-9,13-15H2,(H,32,33,34). The summed E-state index contributed by atoms with van der Waals surface area (Å²) in [5, 5.41) is 12.6. The number of hydrogen-bond donors (Lipinski definition) is 2. The van der Waals surface area contributed by atoms with Crippen LogP contribution < -0.4 is 10.2 Å². The average molecular weight is 590 g/mol. The first-order valence-corrected chi connectivity index (χ1v) is 15.5. The number of fused-ring (bicyclic) bond motifs is 3. The van der Waals surface area contributed by atoms with E-state index < -0.39 is 11.7 Å². The van der Waals surface area contributed by atoms with E-state index in [4.69, 9.17) is 4.74 Å². The lowest BCUT2D eigenvalue weighted by molar-refractivity contribution is -0.137. The summed E-state index contributed by atoms with van der Waals surface area (Å²) in [7, 11) is 0. The molecule has 2 saturated heterocycles. The Kier molecular flexibility index (Phi) is 6.94. The van der Waals surface area contributed by atoms with Crippen molar-refractivity contribution in [1.82, 2.24) is 14.9 Å². The van der Waals surface area contributed by atoms with Gasteiger partial charge in [-0.3, -0.25) is 4.90 Å². The van der Waals surface area contributed by atoms with Crippen molar-refractivity contribution in [1.29, 1.82) is 0 Å². The number of nitrogens with zero attached hydrogens (tertiary/aromatic N) is 4. The fourth-order valence-electron chi connectivity index (χ4n) is 6.13. The van der Waals surface area contributed by atoms with E-state index >= 15 is 0 Å². The summed E-state index contributed by atoms with van der Waals surface area (Å²) in [4.78, 5) is 15.7. The van der Waals surface area contributed by atoms with E-state index in [1.165, 1.54) is 17.0 Å². The van der Waals surface area contributed by atoms with E-state index in [2.05, 4.69) is 37.2 Å². The summed E-state index contributed by atoms with van der Waals surface area (Å²) in [5.74, 6) is 1.35. The highest BCUT2D eigenvalue weighted by Gasteiger charge is 2.43. The minimum Gasteiger partial charge on any atom is -0.395 e. The number of β-amino-alcohol motifs (C(OH)–C–C–N with tert-alkyl or cyclic N) is 1. The molecule has 3 aromatic rings. The van der Waals surface area contributed by atoms with Crippen LogP contribution in [0.15, 0.2) is 35.4 Å². The van der Waals surface area contributed by atoms with Crippen molar-refractivity contribution in [3.05, 3.63) is 46.5 Å². The predicted octanol–water partition coefficient (Wildman–Crippen LogP) is 5.72. The van der Waals surface area contributed by atoms with Gasteiger partial charge in [0.25, 0.3) is 0 Å². The molecule has 1 aliphatic carbocycles. The number of halogens is 3. The first-order valence-electron chi connectivity index (χ1n) is 13.7. The van der Waals surface area contributed by atoms with E-state index in [1.54, 1.807) is 17.8 Å². The Hall–Kier alpha value is -2.38. The summed E-state index contributed by atoms with van der Waals surface area (Å²) in [5.41, 5.74) is 2.24. The first kappa shape index (κ1) is 26.5. The number of rotatable bonds is 7. The number of thiophene rings is 1. The van der Waals surface area contributed by atoms with Gasteiger partial charge in [-0.05, 0) is 55.0 Å². The smallest absolute Gasteiger partial charge is 0.395 e. The van der Waals surface area contributed by atoms with Crippen LogP contribution in [0.5, 0.6) is 0 Å². The molecular weight excluding hydrogens is 559 g/mol. The van der Waals surface area contributed by atoms with E-state index in [-0.39, 0.29) is 18.2 Å². The second-order valence-corrected chi connectivity index (χ2v) is 13.1. The number of piperazine rings is 1. The Morgan fingerprint density at radius 2 is 2.02 bits per heavy atom. The summed E-state index contributed by atoms with van der Waals surface area (Å²) in [6, 6.07) is 9.04. The molecule has 7 nitrogen and oxygen atoms in total. The maximum absolute atomic E-state index is 14.0. The molecule has 0 spiro atoms. The number of hydrogen-bond acceptors (Lipinski definition) is 9. The SMILES string of the molecule is OCCN1CC2CC1CN2c1ccc(Nc2ncc(C(F)(F)F)c(-c3cc4c(s3)COCCS4)n2)c(C2CC2)c1. The number of anilines is 3. The van der Waals surface area contributed by atoms with Crippen molar-refractivity contribution in [2.45, 2.75) is 54.9 Å². The van der Waals surface area contributed by atoms with Gasteiger partial charge in [0.15, 0.2) is 0 Å². The van der Waals surface area contributed by atoms with Crippen LogP contribution in [0.2, 0.25) is 0 Å². The number of thioether (sulfide) groups is 1. The van der Waals surface area contributed by atoms with Crippen LogP contribution in [0.25, 0.3) is 10.6 Å². The molecule has 2 bridgehead atoms. The third-order valence-corrected chi connectivity index (χ3v) is 10.5. The van der Waals surface area contributed by atoms with Gasteiger partial charge in [0.1, 0.15) is 5.56 Å². The van der Waals surface area contributed by atoms with Crippen molar-refractivity contribution in [2.24, 2.45) is 0 Å². The number of alkyl halides is 3. The molecule has 1 aromatic carbocycles. The zero-order chi connectivity index (χ0) is 27.4. The highest BCUT2D eigenvalue weighted by molar-refractivity contribution is 7.99. The van der Waals surface area contributed by atoms with Gasteiger partial charge < -0.3 is 20.1 Å². The number of ether oxygens (including phenoxy) is 1. The Labute approximate surface area is 238 Å². The molecule has 0 radical (unpaired) electrons. The Morgan fingerprint density at radius 3 is 2.77 bits per heavy atom. The monoisotopic (exact) mass is 589 g/mol. The lowest BCUT2D eigenvalue weighted by Crippen LogP contribution is -2.47. The average Bonchev–Trinajstić information content (AvgIpc) is 3.50. The molecule has 40 heavy (non-hydrogen) atoms. The molecule has 5 heterocycles. The Morgan fingerprint density at radius 1 is 1.15 bits per heavy atom. The van der Waals surface area contributed by atoms with Gasteiger partial charge in [-0.2, -0.15) is 13.2 Å². The molecule has 2 N–H and O–H groups in total. The van der Waals surface area contributed by atoms with Crippen LogP contribution in [0.1, 0.15) is 41.2 Å². The van der Waals surface area contributed by atoms with E-state index in [0.717, 1.165) is 71.9 Å². The van der Waals surface area contributed by atoms with Crippen molar-refractivity contribution in [3.8, 4) is 10.6 Å². The second kappa shape index (κ2) is 10.5. The van der Waals surface area contributed by atoms with Gasteiger partial charge >= 0.3 is 6.18 Å². The molecule has 212 valence electrons. The Bertz CT molecular complexity index is 1390. The minimum absolute atomic E-state index is 0.103. The van der Waals surface area contributed by atoms with Crippen LogP contribution in [-0.4, -0.2) is 70.7 Å². The molecule has 4 aliphatic rings. The first-order chi connectivity index (χ1) is 19.4. The van der Waals surface area contributed by atoms with Gasteiger partial charge in [0.05, 0.1) is 30.4 Å². The Balaban J connectivity index is 1.18. The number of benzene rings is 1. The van der Waals surface area contributed by atoms with Crippen LogP contribution in [0, 0.1) is 0 Å². The number of aromatic nitrogens is 2. The summed E-state index contributed by atoms with van der Waals surface area (Å²) in [6.45, 7) is 3.84. The fraction of sp³-hybridized carbons (Fsp3) is 0.500. The van der Waals surface area contributed by atoms with Crippen LogP contribution in [-0.2, 0) is 17.5 Å². The van der Waals surface area contributed by atoms with Gasteiger partial charge in [-0.15, -0.1) is 23.1 Å². The molecule has 3 fully saturated rings. The van der Waals surface area contributed by atoms with E-state index in [0.29, 0.717) is 36.1 Å². The summed E-state index contributed by atoms with van der Waals surface area (Å²) < 4.78 is 47.6. The fourth-order valence-corrected chi connectivity index (χ4v) is 8.34. The lowest BCUT2D eigenvalue weighted by Gasteiger charge is -2.35. The second-order valence-electron chi connectivity index (χ2n) is 10.8. The molecule has 2 aromatic heterocycles. The molecule has 7 rings (SSSR count). The molecular formula is C28H30F3N5O2S2. The highest BCUT2D eigenvalue weighted by atomic mass is 32.2. The van der Waals surface area contributed by atoms with Gasteiger partial charge in [-0.1, -0.05) is 0 Å². The van der Waals surface area contributed by atoms with E-state index in [9.17, 15) is 18.3 Å². The molecule has 2 atom stereocenters. The van der Waals surface area contributed by atoms with Crippen molar-refractivity contribution < 1.29 is 23.0 Å². The number of aliphatic hydroxyl groups excluding tert-OH is 1. The van der Waals surface area contributed by atoms with Crippen LogP contribution >= 0.6 is 23.1 Å². The van der Waals surface area contributed by atoms with Crippen LogP contribution in [0.3, 0.4) is 0 Å². The number of aliphatic hydroxyl groups is 1. The third-order valence-electron chi connectivity index (χ3n) is 8.19. The number of nitrogens with one attached hydrogen (secondary N) is 1. The van der Waals surface area contributed by atoms with Gasteiger partial charge in [0, 0.05) is 64.8 Å². The zero-order valence-electron chi connectivity index (χ0n) is 21.8. The maximum Gasteiger partial charge on any atom is 0.420 e. The molecule has 3 aliphatic heterocycles. The lowest BCUT2D eigenvalue weighted by atomic mass is 10.1. The summed E-state index contributed by atoms with van der Waals surface area (Å²) in [6.07, 6.45) is -0.384. The highest BCUT2D eigenvalue weighted by Crippen LogP contribution is 2.47. The van der Waals surface area contributed by atoms with Crippen LogP contribution in [0.4, 0.5) is 30.5 Å². The quantitative estimate of drug-likeness (QED) is 0.363. The topological polar surface area (TPSA) is 73.8 Å². The normalized spacial score (nSPS) is 22.9. The van der Waals surface area contributed by atoms with Gasteiger partial charge in [0.2, 0.25) is 5.95 Å². The molecule has 12 heteroatoms. The van der Waals surface area contributed by atoms with E-state index in [1.807, 2.05) is 6.07 Å². The largest absolute Gasteiger partial charge is 0.420 e. The molecule has 1 saturated carbocycles. The predicted molar refractivity (Wildman–Crippen MR) is 151 cm³/mol. The molecule has 0 amide bonds. The maximum atomic E-state index is 14.0. The zero-order valence-corrected chi connectivity index (χ0v) is 23.4. The van der Waals surface area contributed by atoms with Crippen molar-refractivity contribution in [2.75, 3.05) is 48.8 Å². The molecule has 2 unspecified atom stereocenters. The number of likely N-dealkylation sites (tertiary alicyclic amines) is 1. The van der Waals surface area contributed by atoms with Gasteiger partial charge in [-0.25, -0.2) is 9.97 Å². The summed E-state index contributed by atoms with van der Waals surface area (Å²) >= 11 is 2.91. The third kappa shape index (κ3) is 5.09. The minimum atomic E-state index is -4.57. The van der Waals surface area contributed by atoms with Crippen molar-refractivity contribution >= 4 is 40.4 Å².